The van der Waals surface area contributed by atoms with Crippen LogP contribution in [0.2, 0.25) is 0 Å². The van der Waals surface area contributed by atoms with E-state index in [1.165, 1.54) is 29.1 Å². The molecule has 0 aliphatic heterocycles. The molecule has 15 nitrogen and oxygen atoms in total. The van der Waals surface area contributed by atoms with Gasteiger partial charge in [-0.3, -0.25) is 14.2 Å². The smallest absolute Gasteiger partial charge is 0.266 e. The van der Waals surface area contributed by atoms with Crippen LogP contribution in [0.1, 0.15) is 54.2 Å². The lowest BCUT2D eigenvalue weighted by atomic mass is 10.0. The van der Waals surface area contributed by atoms with Gasteiger partial charge >= 0.3 is 0 Å². The first-order valence-electron chi connectivity index (χ1n) is 21.6. The van der Waals surface area contributed by atoms with Crippen molar-refractivity contribution in [3.63, 3.8) is 0 Å². The van der Waals surface area contributed by atoms with Gasteiger partial charge in [-0.2, -0.15) is 10.2 Å². The number of aromatic nitrogens is 10. The van der Waals surface area contributed by atoms with Crippen molar-refractivity contribution < 1.29 is 13.9 Å². The van der Waals surface area contributed by atoms with Crippen LogP contribution in [0.5, 0.6) is 5.75 Å². The second kappa shape index (κ2) is 16.1. The van der Waals surface area contributed by atoms with Gasteiger partial charge in [0.15, 0.2) is 28.7 Å². The highest BCUT2D eigenvalue weighted by Gasteiger charge is 2.27. The standard InChI is InChI=1S/C49H39F2IN12O3/c1-24-8-3-6-13-35(24)64-32(18-26-9-7-12-34(51)38(26)49(64)67)22-62-47-39(41(59-62)27-14-15-33(50)36(65)20-27)44(54)57-45(58-47)29-16-25(2)37-28(17-29)19-31(63(48(37)66)30-10-4-5-11-30)21-61-46-40(42(52)60-61)43(53)55-23-56-46/h3,6-9,12-20,23,30,65H,4-5,10-11,21-22H2,1-2H3,(H2,53,55,56)(H2,54,57,58). The first-order chi connectivity index (χ1) is 32.3. The average Bonchev–Trinajstić information content (AvgIpc) is 4.04. The van der Waals surface area contributed by atoms with Crippen LogP contribution in [0, 0.1) is 29.2 Å². The van der Waals surface area contributed by atoms with Gasteiger partial charge in [-0.1, -0.05) is 43.2 Å². The van der Waals surface area contributed by atoms with Crippen molar-refractivity contribution in [2.75, 3.05) is 11.5 Å². The number of halogens is 3. The normalized spacial score (nSPS) is 13.3. The fourth-order valence-corrected chi connectivity index (χ4v) is 10.5. The number of nitrogens with zero attached hydrogens (tertiary/aromatic N) is 10. The minimum Gasteiger partial charge on any atom is -0.505 e. The lowest BCUT2D eigenvalue weighted by Gasteiger charge is -2.21. The van der Waals surface area contributed by atoms with Gasteiger partial charge in [-0.15, -0.1) is 0 Å². The van der Waals surface area contributed by atoms with Crippen molar-refractivity contribution in [1.82, 2.24) is 48.6 Å². The van der Waals surface area contributed by atoms with E-state index in [2.05, 4.69) is 32.6 Å². The molecule has 1 fully saturated rings. The van der Waals surface area contributed by atoms with Crippen molar-refractivity contribution in [2.45, 2.75) is 58.7 Å². The van der Waals surface area contributed by atoms with Crippen LogP contribution >= 0.6 is 22.6 Å². The van der Waals surface area contributed by atoms with Gasteiger partial charge in [0, 0.05) is 28.6 Å². The highest BCUT2D eigenvalue weighted by Crippen LogP contribution is 2.37. The van der Waals surface area contributed by atoms with Crippen molar-refractivity contribution in [3.05, 3.63) is 150 Å². The second-order valence-electron chi connectivity index (χ2n) is 17.0. The number of hydrogen-bond acceptors (Lipinski definition) is 11. The third-order valence-electron chi connectivity index (χ3n) is 12.8. The summed E-state index contributed by atoms with van der Waals surface area (Å²) in [7, 11) is 0. The number of benzene rings is 4. The van der Waals surface area contributed by atoms with Crippen molar-refractivity contribution in [2.24, 2.45) is 0 Å². The molecule has 1 saturated carbocycles. The fourth-order valence-electron chi connectivity index (χ4n) is 9.70. The van der Waals surface area contributed by atoms with E-state index in [1.807, 2.05) is 48.7 Å². The molecule has 5 N–H and O–H groups in total. The Morgan fingerprint density at radius 3 is 2.25 bits per heavy atom. The Labute approximate surface area is 392 Å². The van der Waals surface area contributed by atoms with Crippen LogP contribution in [-0.2, 0) is 13.1 Å². The predicted octanol–water partition coefficient (Wildman–Crippen LogP) is 8.50. The number of phenolic OH excluding ortho intramolecular Hbond substituents is 1. The number of rotatable bonds is 8. The topological polar surface area (TPSA) is 203 Å². The SMILES string of the molecule is Cc1ccccc1-n1c(Cn2nc(-c3ccc(F)c(O)c3)c3c(N)nc(-c4cc(C)c5c(=O)n(C6CCCC6)c(Cn6nc(I)c7c(N)ncnc76)cc5c4)nc32)cc2cccc(F)c2c1=O. The van der Waals surface area contributed by atoms with E-state index in [0.717, 1.165) is 43.0 Å². The molecule has 11 rings (SSSR count). The molecule has 1 aliphatic rings. The van der Waals surface area contributed by atoms with Gasteiger partial charge in [0.2, 0.25) is 0 Å². The second-order valence-corrected chi connectivity index (χ2v) is 18.0. The Kier molecular flexibility index (Phi) is 10.1. The lowest BCUT2D eigenvalue weighted by Crippen LogP contribution is -2.28. The van der Waals surface area contributed by atoms with E-state index in [9.17, 15) is 19.1 Å². The van der Waals surface area contributed by atoms with E-state index in [-0.39, 0.29) is 53.1 Å². The molecule has 0 amide bonds. The average molecular weight is 1010 g/mol. The summed E-state index contributed by atoms with van der Waals surface area (Å²) in [5, 5.41) is 22.7. The fraction of sp³-hybridized carbons (Fsp3) is 0.184. The number of nitrogens with two attached hydrogens (primary N) is 2. The molecule has 10 aromatic rings. The summed E-state index contributed by atoms with van der Waals surface area (Å²) in [6.45, 7) is 3.93. The number of anilines is 2. The molecule has 1 aliphatic carbocycles. The van der Waals surface area contributed by atoms with E-state index in [4.69, 9.17) is 31.6 Å². The molecule has 0 atom stereocenters. The summed E-state index contributed by atoms with van der Waals surface area (Å²) >= 11 is 2.12. The highest BCUT2D eigenvalue weighted by molar-refractivity contribution is 14.1. The van der Waals surface area contributed by atoms with Crippen LogP contribution in [0.4, 0.5) is 20.4 Å². The van der Waals surface area contributed by atoms with Crippen LogP contribution in [-0.4, -0.2) is 53.7 Å². The predicted molar refractivity (Wildman–Crippen MR) is 261 cm³/mol. The van der Waals surface area contributed by atoms with Gasteiger partial charge in [-0.25, -0.2) is 38.1 Å². The number of nitrogen functional groups attached to an aromatic ring is 2. The van der Waals surface area contributed by atoms with Crippen LogP contribution in [0.15, 0.2) is 101 Å². The monoisotopic (exact) mass is 1010 g/mol. The molecule has 4 aromatic carbocycles. The number of fused-ring (bicyclic) bond motifs is 4. The molecular weight excluding hydrogens is 970 g/mol. The summed E-state index contributed by atoms with van der Waals surface area (Å²) in [6.07, 6.45) is 5.19. The molecule has 0 spiro atoms. The minimum atomic E-state index is -0.819. The van der Waals surface area contributed by atoms with Gasteiger partial charge in [-0.05, 0) is 126 Å². The molecule has 0 unspecified atom stereocenters. The van der Waals surface area contributed by atoms with Crippen LogP contribution in [0.25, 0.3) is 71.9 Å². The van der Waals surface area contributed by atoms with Gasteiger partial charge < -0.3 is 21.1 Å². The zero-order chi connectivity index (χ0) is 46.4. The summed E-state index contributed by atoms with van der Waals surface area (Å²) in [5.41, 5.74) is 17.7. The Hall–Kier alpha value is -7.61. The molecule has 0 saturated heterocycles. The van der Waals surface area contributed by atoms with Gasteiger partial charge in [0.25, 0.3) is 11.1 Å². The molecular formula is C49H39F2IN12O3. The van der Waals surface area contributed by atoms with Crippen molar-refractivity contribution >= 4 is 77.8 Å². The zero-order valence-corrected chi connectivity index (χ0v) is 38.2. The largest absolute Gasteiger partial charge is 0.505 e. The number of aryl methyl sites for hydroxylation is 2. The number of pyridine rings is 2. The molecule has 0 bridgehead atoms. The number of aromatic hydroxyl groups is 1. The first kappa shape index (κ1) is 42.1. The van der Waals surface area contributed by atoms with E-state index in [0.29, 0.717) is 70.2 Å². The quantitative estimate of drug-likeness (QED) is 0.123. The molecule has 6 aromatic heterocycles. The molecule has 6 heterocycles. The number of hydrogen-bond donors (Lipinski definition) is 3. The van der Waals surface area contributed by atoms with E-state index in [1.54, 1.807) is 39.7 Å². The van der Waals surface area contributed by atoms with Crippen LogP contribution < -0.4 is 22.6 Å². The third-order valence-corrected chi connectivity index (χ3v) is 13.5. The first-order valence-corrected chi connectivity index (χ1v) is 22.7. The zero-order valence-electron chi connectivity index (χ0n) is 36.0. The third kappa shape index (κ3) is 6.95. The van der Waals surface area contributed by atoms with Crippen molar-refractivity contribution in [3.8, 4) is 34.1 Å². The van der Waals surface area contributed by atoms with Crippen LogP contribution in [0.3, 0.4) is 0 Å². The lowest BCUT2D eigenvalue weighted by molar-refractivity contribution is 0.432. The molecule has 18 heteroatoms. The summed E-state index contributed by atoms with van der Waals surface area (Å²) < 4.78 is 37.2. The number of phenols is 1. The van der Waals surface area contributed by atoms with E-state index < -0.39 is 22.9 Å². The number of para-hydroxylation sites is 1. The van der Waals surface area contributed by atoms with Gasteiger partial charge in [0.1, 0.15) is 33.2 Å². The summed E-state index contributed by atoms with van der Waals surface area (Å²) in [5.74, 6) is -1.47. The maximum Gasteiger partial charge on any atom is 0.266 e. The maximum absolute atomic E-state index is 15.4. The summed E-state index contributed by atoms with van der Waals surface area (Å²) in [4.78, 5) is 47.7. The Balaban J connectivity index is 1.11. The maximum atomic E-state index is 15.4. The Morgan fingerprint density at radius 2 is 1.46 bits per heavy atom. The summed E-state index contributed by atoms with van der Waals surface area (Å²) in [6, 6.07) is 23.1. The Bertz CT molecular complexity index is 3840. The minimum absolute atomic E-state index is 0.0124. The Morgan fingerprint density at radius 1 is 0.701 bits per heavy atom. The van der Waals surface area contributed by atoms with Crippen molar-refractivity contribution in [1.29, 1.82) is 0 Å². The van der Waals surface area contributed by atoms with E-state index >= 15 is 4.39 Å². The molecule has 0 radical (unpaired) electrons. The molecule has 334 valence electrons. The highest BCUT2D eigenvalue weighted by atomic mass is 127. The van der Waals surface area contributed by atoms with Gasteiger partial charge in [0.05, 0.1) is 40.3 Å². The molecule has 67 heavy (non-hydrogen) atoms.